The van der Waals surface area contributed by atoms with Crippen LogP contribution in [-0.2, 0) is 27.8 Å². The Morgan fingerprint density at radius 3 is 2.11 bits per heavy atom. The molecular weight excluding hydrogens is 263 g/mol. The van der Waals surface area contributed by atoms with E-state index in [1.807, 2.05) is 0 Å². The molecule has 0 spiro atoms. The third-order valence-electron chi connectivity index (χ3n) is 1.66. The summed E-state index contributed by atoms with van der Waals surface area (Å²) >= 11 is 0. The largest absolute Gasteiger partial charge is 0.511 e. The minimum Gasteiger partial charge on any atom is -0.421 e. The highest BCUT2D eigenvalue weighted by Crippen LogP contribution is 2.47. The fourth-order valence-electron chi connectivity index (χ4n) is 1.08. The normalized spacial score (nSPS) is 13.1. The average Bonchev–Trinajstić information content (AvgIpc) is 2.27. The van der Waals surface area contributed by atoms with Gasteiger partial charge < -0.3 is 23.3 Å². The molecule has 1 atom stereocenters. The lowest BCUT2D eigenvalue weighted by atomic mass is 10.7. The van der Waals surface area contributed by atoms with Crippen LogP contribution in [0.1, 0.15) is 27.7 Å². The molecule has 0 radical (unpaired) electrons. The van der Waals surface area contributed by atoms with E-state index in [-0.39, 0.29) is 13.2 Å². The lowest BCUT2D eigenvalue weighted by molar-refractivity contribution is -0.105. The molecule has 0 rings (SSSR count). The third-order valence-corrected chi connectivity index (χ3v) is 3.40. The summed E-state index contributed by atoms with van der Waals surface area (Å²) in [4.78, 5) is 11.2. The molecule has 108 valence electrons. The molecule has 0 aliphatic rings. The zero-order valence-electron chi connectivity index (χ0n) is 11.2. The van der Waals surface area contributed by atoms with Crippen molar-refractivity contribution in [1.82, 2.24) is 0 Å². The molecule has 0 N–H and O–H groups in total. The van der Waals surface area contributed by atoms with E-state index in [4.69, 9.17) is 18.5 Å². The van der Waals surface area contributed by atoms with E-state index < -0.39 is 26.4 Å². The SMILES string of the molecule is CCOC(C)OC(=O)OCP(=O)(OCC)OCC. The van der Waals surface area contributed by atoms with Crippen molar-refractivity contribution in [2.45, 2.75) is 34.0 Å². The van der Waals surface area contributed by atoms with E-state index in [0.29, 0.717) is 6.61 Å². The Morgan fingerprint density at radius 2 is 1.67 bits per heavy atom. The van der Waals surface area contributed by atoms with Crippen molar-refractivity contribution in [3.63, 3.8) is 0 Å². The molecule has 0 fully saturated rings. The first-order chi connectivity index (χ1) is 8.47. The molecule has 0 amide bonds. The Balaban J connectivity index is 4.11. The molecule has 0 saturated heterocycles. The zero-order chi connectivity index (χ0) is 14.0. The standard InChI is InChI=1S/C10H21O7P/c1-5-13-9(4)17-10(11)14-8-18(12,15-6-2)16-7-3/h9H,5-8H2,1-4H3. The fourth-order valence-corrected chi connectivity index (χ4v) is 2.35. The quantitative estimate of drug-likeness (QED) is 0.366. The number of hydrogen-bond acceptors (Lipinski definition) is 7. The number of rotatable bonds is 9. The molecule has 18 heavy (non-hydrogen) atoms. The van der Waals surface area contributed by atoms with Crippen LogP contribution in [0.5, 0.6) is 0 Å². The summed E-state index contributed by atoms with van der Waals surface area (Å²) in [6.45, 7) is 7.46. The van der Waals surface area contributed by atoms with Crippen LogP contribution in [0.3, 0.4) is 0 Å². The number of hydrogen-bond donors (Lipinski definition) is 0. The van der Waals surface area contributed by atoms with Gasteiger partial charge in [-0.25, -0.2) is 4.79 Å². The van der Waals surface area contributed by atoms with Crippen molar-refractivity contribution in [3.05, 3.63) is 0 Å². The van der Waals surface area contributed by atoms with Crippen molar-refractivity contribution in [1.29, 1.82) is 0 Å². The van der Waals surface area contributed by atoms with Crippen molar-refractivity contribution >= 4 is 13.8 Å². The maximum absolute atomic E-state index is 11.9. The molecule has 0 heterocycles. The van der Waals surface area contributed by atoms with Crippen molar-refractivity contribution < 1.29 is 32.6 Å². The molecule has 0 aromatic rings. The van der Waals surface area contributed by atoms with Crippen molar-refractivity contribution in [3.8, 4) is 0 Å². The summed E-state index contributed by atoms with van der Waals surface area (Å²) in [5.41, 5.74) is 0. The number of ether oxygens (including phenoxy) is 3. The van der Waals surface area contributed by atoms with Gasteiger partial charge in [0, 0.05) is 6.61 Å². The summed E-state index contributed by atoms with van der Waals surface area (Å²) < 4.78 is 36.2. The van der Waals surface area contributed by atoms with Gasteiger partial charge in [0.2, 0.25) is 6.29 Å². The molecular formula is C10H21O7P. The molecule has 0 aromatic carbocycles. The molecule has 0 saturated carbocycles. The van der Waals surface area contributed by atoms with Crippen LogP contribution in [0.2, 0.25) is 0 Å². The van der Waals surface area contributed by atoms with Crippen LogP contribution in [0, 0.1) is 0 Å². The molecule has 7 nitrogen and oxygen atoms in total. The summed E-state index contributed by atoms with van der Waals surface area (Å²) in [6, 6.07) is 0. The molecule has 0 bridgehead atoms. The highest BCUT2D eigenvalue weighted by atomic mass is 31.2. The van der Waals surface area contributed by atoms with Crippen LogP contribution in [0.4, 0.5) is 4.79 Å². The first-order valence-electron chi connectivity index (χ1n) is 5.80. The molecule has 1 unspecified atom stereocenters. The van der Waals surface area contributed by atoms with E-state index in [9.17, 15) is 9.36 Å². The Bertz CT molecular complexity index is 271. The molecule has 0 aliphatic carbocycles. The third kappa shape index (κ3) is 7.66. The minimum atomic E-state index is -3.40. The van der Waals surface area contributed by atoms with Gasteiger partial charge in [0.25, 0.3) is 0 Å². The monoisotopic (exact) mass is 284 g/mol. The van der Waals surface area contributed by atoms with Gasteiger partial charge in [-0.15, -0.1) is 0 Å². The Kier molecular flexibility index (Phi) is 9.01. The second-order valence-corrected chi connectivity index (χ2v) is 5.11. The Hall–Kier alpha value is -0.620. The van der Waals surface area contributed by atoms with E-state index in [1.54, 1.807) is 27.7 Å². The van der Waals surface area contributed by atoms with Crippen LogP contribution in [0.25, 0.3) is 0 Å². The second kappa shape index (κ2) is 9.33. The van der Waals surface area contributed by atoms with Crippen molar-refractivity contribution in [2.75, 3.05) is 26.2 Å². The zero-order valence-corrected chi connectivity index (χ0v) is 12.1. The first-order valence-corrected chi connectivity index (χ1v) is 7.53. The highest BCUT2D eigenvalue weighted by molar-refractivity contribution is 7.53. The predicted octanol–water partition coefficient (Wildman–Crippen LogP) is 2.75. The van der Waals surface area contributed by atoms with Gasteiger partial charge in [-0.3, -0.25) is 4.57 Å². The van der Waals surface area contributed by atoms with E-state index in [2.05, 4.69) is 4.74 Å². The van der Waals surface area contributed by atoms with Gasteiger partial charge in [-0.1, -0.05) is 0 Å². The lowest BCUT2D eigenvalue weighted by Crippen LogP contribution is -2.19. The smallest absolute Gasteiger partial charge is 0.421 e. The Morgan fingerprint density at radius 1 is 1.11 bits per heavy atom. The highest BCUT2D eigenvalue weighted by Gasteiger charge is 2.26. The Labute approximate surface area is 107 Å². The molecule has 0 aliphatic heterocycles. The van der Waals surface area contributed by atoms with Crippen LogP contribution in [0.15, 0.2) is 0 Å². The molecule has 8 heteroatoms. The summed E-state index contributed by atoms with van der Waals surface area (Å²) in [7, 11) is -3.40. The maximum atomic E-state index is 11.9. The lowest BCUT2D eigenvalue weighted by Gasteiger charge is -2.17. The van der Waals surface area contributed by atoms with Gasteiger partial charge >= 0.3 is 13.8 Å². The van der Waals surface area contributed by atoms with Gasteiger partial charge in [-0.05, 0) is 27.7 Å². The van der Waals surface area contributed by atoms with Crippen LogP contribution >= 0.6 is 7.60 Å². The topological polar surface area (TPSA) is 80.3 Å². The van der Waals surface area contributed by atoms with Gasteiger partial charge in [0.05, 0.1) is 13.2 Å². The minimum absolute atomic E-state index is 0.199. The fraction of sp³-hybridized carbons (Fsp3) is 0.900. The predicted molar refractivity (Wildman–Crippen MR) is 64.4 cm³/mol. The van der Waals surface area contributed by atoms with Crippen LogP contribution in [-0.4, -0.2) is 38.6 Å². The average molecular weight is 284 g/mol. The number of carbonyl (C=O) groups is 1. The van der Waals surface area contributed by atoms with Gasteiger partial charge in [0.15, 0.2) is 6.35 Å². The van der Waals surface area contributed by atoms with Crippen LogP contribution < -0.4 is 0 Å². The van der Waals surface area contributed by atoms with Crippen molar-refractivity contribution in [2.24, 2.45) is 0 Å². The first kappa shape index (κ1) is 17.4. The summed E-state index contributed by atoms with van der Waals surface area (Å²) in [5.74, 6) is 0. The summed E-state index contributed by atoms with van der Waals surface area (Å²) in [6.07, 6.45) is -2.18. The summed E-state index contributed by atoms with van der Waals surface area (Å²) in [5, 5.41) is 0. The van der Waals surface area contributed by atoms with E-state index >= 15 is 0 Å². The van der Waals surface area contributed by atoms with E-state index in [1.165, 1.54) is 0 Å². The van der Waals surface area contributed by atoms with Gasteiger partial charge in [-0.2, -0.15) is 0 Å². The maximum Gasteiger partial charge on any atom is 0.511 e. The number of carbonyl (C=O) groups excluding carboxylic acids is 1. The second-order valence-electron chi connectivity index (χ2n) is 3.11. The van der Waals surface area contributed by atoms with E-state index in [0.717, 1.165) is 0 Å². The van der Waals surface area contributed by atoms with Gasteiger partial charge in [0.1, 0.15) is 0 Å². The molecule has 0 aromatic heterocycles.